The largest absolute Gasteiger partial charge is 0.294 e. The number of carbonyl (C=O) groups is 2. The van der Waals surface area contributed by atoms with Crippen molar-refractivity contribution >= 4 is 34.2 Å². The predicted molar refractivity (Wildman–Crippen MR) is 121 cm³/mol. The highest BCUT2D eigenvalue weighted by Crippen LogP contribution is 2.21. The zero-order valence-electron chi connectivity index (χ0n) is 18.4. The second kappa shape index (κ2) is 20.1. The Labute approximate surface area is 169 Å². The number of hydrogen-bond acceptors (Lipinski definition) is 4. The Morgan fingerprint density at radius 2 is 1.27 bits per heavy atom. The molecule has 0 spiro atoms. The average molecular weight is 399 g/mol. The van der Waals surface area contributed by atoms with Gasteiger partial charge in [0, 0.05) is 16.2 Å². The van der Waals surface area contributed by atoms with Gasteiger partial charge in [0.2, 0.25) is 0 Å². The first kappa shape index (κ1) is 29.5. The number of Topliss-reactive ketones (excluding diaryl/α,β-unsaturated/α-hetero) is 2. The highest BCUT2D eigenvalue weighted by molar-refractivity contribution is 7.14. The maximum absolute atomic E-state index is 11.9. The lowest BCUT2D eigenvalue weighted by atomic mass is 10.2. The second-order valence-corrected chi connectivity index (χ2v) is 6.61. The molecule has 0 atom stereocenters. The van der Waals surface area contributed by atoms with Gasteiger partial charge in [0.15, 0.2) is 11.6 Å². The highest BCUT2D eigenvalue weighted by atomic mass is 32.1. The molecule has 26 heavy (non-hydrogen) atoms. The maximum Gasteiger partial charge on any atom is 0.173 e. The molecule has 0 aliphatic rings. The minimum Gasteiger partial charge on any atom is -0.294 e. The first-order valence-electron chi connectivity index (χ1n) is 9.75. The normalized spacial score (nSPS) is 8.23. The first-order chi connectivity index (χ1) is 12.6. The smallest absolute Gasteiger partial charge is 0.173 e. The van der Waals surface area contributed by atoms with Gasteiger partial charge in [0.1, 0.15) is 0 Å². The van der Waals surface area contributed by atoms with Crippen molar-refractivity contribution in [2.45, 2.75) is 82.1 Å². The minimum absolute atomic E-state index is 0.0893. The molecule has 4 heteroatoms. The lowest BCUT2D eigenvalue weighted by Gasteiger charge is -1.96. The lowest BCUT2D eigenvalue weighted by Crippen LogP contribution is -1.97. The molecule has 0 aliphatic carbocycles. The molecule has 150 valence electrons. The Morgan fingerprint density at radius 3 is 1.65 bits per heavy atom. The van der Waals surface area contributed by atoms with Gasteiger partial charge in [-0.3, -0.25) is 9.59 Å². The summed E-state index contributed by atoms with van der Waals surface area (Å²) in [7, 11) is 0. The van der Waals surface area contributed by atoms with Crippen molar-refractivity contribution < 1.29 is 9.59 Å². The van der Waals surface area contributed by atoms with E-state index in [1.807, 2.05) is 86.6 Å². The molecule has 0 unspecified atom stereocenters. The van der Waals surface area contributed by atoms with E-state index in [-0.39, 0.29) is 11.6 Å². The van der Waals surface area contributed by atoms with E-state index in [4.69, 9.17) is 0 Å². The van der Waals surface area contributed by atoms with E-state index in [0.717, 1.165) is 19.5 Å². The summed E-state index contributed by atoms with van der Waals surface area (Å²) in [4.78, 5) is 26.9. The van der Waals surface area contributed by atoms with Crippen LogP contribution in [0.1, 0.15) is 97.8 Å². The van der Waals surface area contributed by atoms with Gasteiger partial charge in [0.05, 0.1) is 9.75 Å². The second-order valence-electron chi connectivity index (χ2n) is 4.16. The third kappa shape index (κ3) is 12.2. The van der Waals surface area contributed by atoms with Gasteiger partial charge in [-0.1, -0.05) is 55.4 Å². The zero-order chi connectivity index (χ0) is 21.1. The SMILES string of the molecule is CC.CC.CC.CC.CC(=O)c1ccc(CCC(=O)c2ccc(C)s2)s1. The maximum atomic E-state index is 11.9. The van der Waals surface area contributed by atoms with Crippen LogP contribution in [-0.4, -0.2) is 11.6 Å². The van der Waals surface area contributed by atoms with Gasteiger partial charge < -0.3 is 0 Å². The van der Waals surface area contributed by atoms with Crippen molar-refractivity contribution in [3.63, 3.8) is 0 Å². The fraction of sp³-hybridized carbons (Fsp3) is 0.545. The Kier molecular flexibility index (Phi) is 22.8. The van der Waals surface area contributed by atoms with E-state index < -0.39 is 0 Å². The molecular formula is C22H38O2S2. The van der Waals surface area contributed by atoms with Crippen molar-refractivity contribution in [3.8, 4) is 0 Å². The minimum atomic E-state index is 0.0893. The Morgan fingerprint density at radius 1 is 0.769 bits per heavy atom. The fourth-order valence-corrected chi connectivity index (χ4v) is 3.38. The van der Waals surface area contributed by atoms with Gasteiger partial charge in [-0.25, -0.2) is 0 Å². The molecule has 0 saturated carbocycles. The third-order valence-corrected chi connectivity index (χ3v) is 4.91. The molecule has 2 heterocycles. The van der Waals surface area contributed by atoms with E-state index in [1.54, 1.807) is 18.3 Å². The van der Waals surface area contributed by atoms with E-state index in [9.17, 15) is 9.59 Å². The summed E-state index contributed by atoms with van der Waals surface area (Å²) in [6.45, 7) is 19.6. The summed E-state index contributed by atoms with van der Waals surface area (Å²) in [6.07, 6.45) is 1.23. The van der Waals surface area contributed by atoms with E-state index in [0.29, 0.717) is 12.8 Å². The molecule has 0 aliphatic heterocycles. The highest BCUT2D eigenvalue weighted by Gasteiger charge is 2.10. The van der Waals surface area contributed by atoms with Gasteiger partial charge in [0.25, 0.3) is 0 Å². The molecular weight excluding hydrogens is 360 g/mol. The van der Waals surface area contributed by atoms with Crippen molar-refractivity contribution in [2.75, 3.05) is 0 Å². The number of ketones is 2. The summed E-state index contributed by atoms with van der Waals surface area (Å²) in [6, 6.07) is 7.63. The molecule has 0 saturated heterocycles. The van der Waals surface area contributed by atoms with Crippen LogP contribution in [0.5, 0.6) is 0 Å². The average Bonchev–Trinajstić information content (AvgIpc) is 3.35. The predicted octanol–water partition coefficient (Wildman–Crippen LogP) is 8.24. The Hall–Kier alpha value is -1.26. The molecule has 0 radical (unpaired) electrons. The first-order valence-corrected chi connectivity index (χ1v) is 11.4. The van der Waals surface area contributed by atoms with Crippen molar-refractivity contribution in [2.24, 2.45) is 0 Å². The quantitative estimate of drug-likeness (QED) is 0.475. The van der Waals surface area contributed by atoms with Gasteiger partial charge in [-0.05, 0) is 44.5 Å². The summed E-state index contributed by atoms with van der Waals surface area (Å²) in [5.41, 5.74) is 0. The number of rotatable bonds is 5. The van der Waals surface area contributed by atoms with E-state index in [1.165, 1.54) is 11.3 Å². The molecule has 2 aromatic rings. The van der Waals surface area contributed by atoms with Gasteiger partial charge in [-0.15, -0.1) is 22.7 Å². The molecule has 0 fully saturated rings. The Bertz CT molecular complexity index is 580. The fourth-order valence-electron chi connectivity index (χ4n) is 1.65. The van der Waals surface area contributed by atoms with Crippen molar-refractivity contribution in [1.82, 2.24) is 0 Å². The van der Waals surface area contributed by atoms with E-state index in [2.05, 4.69) is 0 Å². The molecule has 2 aromatic heterocycles. The summed E-state index contributed by atoms with van der Waals surface area (Å²) >= 11 is 3.03. The topological polar surface area (TPSA) is 34.1 Å². The summed E-state index contributed by atoms with van der Waals surface area (Å²) in [5.74, 6) is 0.275. The molecule has 2 rings (SSSR count). The van der Waals surface area contributed by atoms with Crippen LogP contribution >= 0.6 is 22.7 Å². The van der Waals surface area contributed by atoms with Crippen LogP contribution in [-0.2, 0) is 6.42 Å². The molecule has 0 bridgehead atoms. The standard InChI is InChI=1S/C14H14O2S2.4C2H6/c1-9-3-7-14(17-9)12(16)6-4-11-5-8-13(18-11)10(2)15;4*1-2/h3,5,7-8H,4,6H2,1-2H3;4*1-2H3. The van der Waals surface area contributed by atoms with Crippen LogP contribution in [0.25, 0.3) is 0 Å². The van der Waals surface area contributed by atoms with E-state index >= 15 is 0 Å². The number of carbonyl (C=O) groups excluding carboxylic acids is 2. The van der Waals surface area contributed by atoms with Crippen LogP contribution in [0.4, 0.5) is 0 Å². The van der Waals surface area contributed by atoms with Crippen LogP contribution in [0.2, 0.25) is 0 Å². The summed E-state index contributed by atoms with van der Waals surface area (Å²) in [5, 5.41) is 0. The zero-order valence-corrected chi connectivity index (χ0v) is 20.0. The Balaban J connectivity index is -0.000000585. The summed E-state index contributed by atoms with van der Waals surface area (Å²) < 4.78 is 0. The lowest BCUT2D eigenvalue weighted by molar-refractivity contribution is 0.0985. The molecule has 2 nitrogen and oxygen atoms in total. The number of aryl methyl sites for hydroxylation is 2. The number of hydrogen-bond donors (Lipinski definition) is 0. The molecule has 0 N–H and O–H groups in total. The number of thiophene rings is 2. The molecule has 0 amide bonds. The van der Waals surface area contributed by atoms with Gasteiger partial charge >= 0.3 is 0 Å². The van der Waals surface area contributed by atoms with Crippen LogP contribution in [0.3, 0.4) is 0 Å². The van der Waals surface area contributed by atoms with Gasteiger partial charge in [-0.2, -0.15) is 0 Å². The monoisotopic (exact) mass is 398 g/mol. The van der Waals surface area contributed by atoms with Crippen molar-refractivity contribution in [1.29, 1.82) is 0 Å². The third-order valence-electron chi connectivity index (χ3n) is 2.62. The van der Waals surface area contributed by atoms with Crippen LogP contribution < -0.4 is 0 Å². The molecule has 0 aromatic carbocycles. The van der Waals surface area contributed by atoms with Crippen molar-refractivity contribution in [3.05, 3.63) is 43.8 Å². The van der Waals surface area contributed by atoms with Crippen LogP contribution in [0, 0.1) is 6.92 Å². The van der Waals surface area contributed by atoms with Crippen LogP contribution in [0.15, 0.2) is 24.3 Å².